The molecule has 90 valence electrons. The fourth-order valence-electron chi connectivity index (χ4n) is 1.62. The standard InChI is InChI=1S/C12H14ClN3S/c1-3-10(14-2)12-16-15-11(17-12)8-5-4-6-9(13)7-8/h4-7,10,14H,3H2,1-2H3. The van der Waals surface area contributed by atoms with Gasteiger partial charge in [0.05, 0.1) is 6.04 Å². The summed E-state index contributed by atoms with van der Waals surface area (Å²) in [6, 6.07) is 7.96. The average Bonchev–Trinajstić information content (AvgIpc) is 2.80. The second-order valence-electron chi connectivity index (χ2n) is 3.71. The first-order valence-electron chi connectivity index (χ1n) is 5.51. The molecule has 1 aromatic carbocycles. The van der Waals surface area contributed by atoms with Crippen LogP contribution in [0.25, 0.3) is 10.6 Å². The summed E-state index contributed by atoms with van der Waals surface area (Å²) >= 11 is 7.57. The number of aromatic nitrogens is 2. The Morgan fingerprint density at radius 1 is 1.41 bits per heavy atom. The van der Waals surface area contributed by atoms with Gasteiger partial charge in [0.1, 0.15) is 10.0 Å². The fourth-order valence-corrected chi connectivity index (χ4v) is 2.84. The van der Waals surface area contributed by atoms with E-state index in [4.69, 9.17) is 11.6 Å². The Labute approximate surface area is 110 Å². The average molecular weight is 268 g/mol. The number of nitrogens with zero attached hydrogens (tertiary/aromatic N) is 2. The number of hydrogen-bond acceptors (Lipinski definition) is 4. The third kappa shape index (κ3) is 2.83. The molecule has 0 aliphatic carbocycles. The van der Waals surface area contributed by atoms with Gasteiger partial charge < -0.3 is 5.32 Å². The third-order valence-corrected chi connectivity index (χ3v) is 3.89. The Bertz CT molecular complexity index is 494. The normalized spacial score (nSPS) is 12.6. The molecule has 2 rings (SSSR count). The quantitative estimate of drug-likeness (QED) is 0.921. The van der Waals surface area contributed by atoms with Crippen molar-refractivity contribution in [2.45, 2.75) is 19.4 Å². The van der Waals surface area contributed by atoms with Crippen molar-refractivity contribution in [1.82, 2.24) is 15.5 Å². The van der Waals surface area contributed by atoms with Gasteiger partial charge in [-0.2, -0.15) is 0 Å². The van der Waals surface area contributed by atoms with Gasteiger partial charge in [0.2, 0.25) is 0 Å². The van der Waals surface area contributed by atoms with Crippen molar-refractivity contribution in [3.05, 3.63) is 34.3 Å². The molecular formula is C12H14ClN3S. The van der Waals surface area contributed by atoms with Gasteiger partial charge in [-0.3, -0.25) is 0 Å². The summed E-state index contributed by atoms with van der Waals surface area (Å²) in [6.45, 7) is 2.13. The molecule has 1 unspecified atom stereocenters. The highest BCUT2D eigenvalue weighted by atomic mass is 35.5. The lowest BCUT2D eigenvalue weighted by Crippen LogP contribution is -2.14. The van der Waals surface area contributed by atoms with Crippen LogP contribution in [0.4, 0.5) is 0 Å². The van der Waals surface area contributed by atoms with Crippen LogP contribution in [0.5, 0.6) is 0 Å². The van der Waals surface area contributed by atoms with Crippen molar-refractivity contribution < 1.29 is 0 Å². The fraction of sp³-hybridized carbons (Fsp3) is 0.333. The summed E-state index contributed by atoms with van der Waals surface area (Å²) in [5.41, 5.74) is 1.02. The van der Waals surface area contributed by atoms with E-state index < -0.39 is 0 Å². The van der Waals surface area contributed by atoms with E-state index in [1.54, 1.807) is 11.3 Å². The molecule has 0 radical (unpaired) electrons. The Kier molecular flexibility index (Phi) is 4.10. The number of hydrogen-bond donors (Lipinski definition) is 1. The van der Waals surface area contributed by atoms with Crippen LogP contribution in [0.2, 0.25) is 5.02 Å². The first-order valence-corrected chi connectivity index (χ1v) is 6.70. The lowest BCUT2D eigenvalue weighted by Gasteiger charge is -2.07. The van der Waals surface area contributed by atoms with Gasteiger partial charge in [-0.1, -0.05) is 42.0 Å². The number of rotatable bonds is 4. The van der Waals surface area contributed by atoms with E-state index in [0.717, 1.165) is 27.0 Å². The molecule has 1 heterocycles. The summed E-state index contributed by atoms with van der Waals surface area (Å²) in [4.78, 5) is 0. The van der Waals surface area contributed by atoms with Crippen LogP contribution in [0.15, 0.2) is 24.3 Å². The van der Waals surface area contributed by atoms with Gasteiger partial charge in [-0.25, -0.2) is 0 Å². The predicted octanol–water partition coefficient (Wildman–Crippen LogP) is 3.53. The molecule has 0 amide bonds. The summed E-state index contributed by atoms with van der Waals surface area (Å²) in [5, 5.41) is 14.3. The van der Waals surface area contributed by atoms with Gasteiger partial charge >= 0.3 is 0 Å². The summed E-state index contributed by atoms with van der Waals surface area (Å²) in [6.07, 6.45) is 1.00. The Morgan fingerprint density at radius 3 is 2.88 bits per heavy atom. The molecular weight excluding hydrogens is 254 g/mol. The zero-order valence-corrected chi connectivity index (χ0v) is 11.3. The predicted molar refractivity (Wildman–Crippen MR) is 72.4 cm³/mol. The Hall–Kier alpha value is -0.970. The number of benzene rings is 1. The molecule has 0 aliphatic rings. The van der Waals surface area contributed by atoms with E-state index in [-0.39, 0.29) is 6.04 Å². The van der Waals surface area contributed by atoms with Crippen LogP contribution in [0.1, 0.15) is 24.4 Å². The van der Waals surface area contributed by atoms with Gasteiger partial charge in [-0.15, -0.1) is 10.2 Å². The molecule has 0 bridgehead atoms. The zero-order chi connectivity index (χ0) is 12.3. The van der Waals surface area contributed by atoms with E-state index >= 15 is 0 Å². The zero-order valence-electron chi connectivity index (χ0n) is 9.77. The monoisotopic (exact) mass is 267 g/mol. The van der Waals surface area contributed by atoms with Crippen LogP contribution in [-0.2, 0) is 0 Å². The van der Waals surface area contributed by atoms with Crippen molar-refractivity contribution in [3.8, 4) is 10.6 Å². The first-order chi connectivity index (χ1) is 8.24. The van der Waals surface area contributed by atoms with Gasteiger partial charge in [-0.05, 0) is 25.6 Å². The van der Waals surface area contributed by atoms with Crippen molar-refractivity contribution in [3.63, 3.8) is 0 Å². The van der Waals surface area contributed by atoms with Crippen LogP contribution >= 0.6 is 22.9 Å². The summed E-state index contributed by atoms with van der Waals surface area (Å²) in [5.74, 6) is 0. The molecule has 17 heavy (non-hydrogen) atoms. The molecule has 3 nitrogen and oxygen atoms in total. The van der Waals surface area contributed by atoms with E-state index in [0.29, 0.717) is 0 Å². The highest BCUT2D eigenvalue weighted by molar-refractivity contribution is 7.14. The van der Waals surface area contributed by atoms with E-state index in [1.165, 1.54) is 0 Å². The van der Waals surface area contributed by atoms with E-state index in [2.05, 4.69) is 22.4 Å². The molecule has 1 N–H and O–H groups in total. The highest BCUT2D eigenvalue weighted by Crippen LogP contribution is 2.29. The highest BCUT2D eigenvalue weighted by Gasteiger charge is 2.13. The lowest BCUT2D eigenvalue weighted by atomic mass is 10.2. The van der Waals surface area contributed by atoms with Gasteiger partial charge in [0.25, 0.3) is 0 Å². The minimum atomic E-state index is 0.278. The van der Waals surface area contributed by atoms with Gasteiger partial charge in [0, 0.05) is 10.6 Å². The molecule has 0 fully saturated rings. The third-order valence-electron chi connectivity index (χ3n) is 2.57. The molecule has 0 spiro atoms. The maximum atomic E-state index is 5.96. The Morgan fingerprint density at radius 2 is 2.24 bits per heavy atom. The van der Waals surface area contributed by atoms with Crippen molar-refractivity contribution in [2.75, 3.05) is 7.05 Å². The maximum absolute atomic E-state index is 5.96. The first kappa shape index (κ1) is 12.5. The molecule has 5 heteroatoms. The van der Waals surface area contributed by atoms with Crippen LogP contribution in [0, 0.1) is 0 Å². The molecule has 1 aromatic heterocycles. The molecule has 0 aliphatic heterocycles. The topological polar surface area (TPSA) is 37.8 Å². The molecule has 0 saturated heterocycles. The number of nitrogens with one attached hydrogen (secondary N) is 1. The Balaban J connectivity index is 2.29. The summed E-state index contributed by atoms with van der Waals surface area (Å²) < 4.78 is 0. The minimum absolute atomic E-state index is 0.278. The van der Waals surface area contributed by atoms with E-state index in [9.17, 15) is 0 Å². The second kappa shape index (κ2) is 5.58. The van der Waals surface area contributed by atoms with Crippen LogP contribution in [0.3, 0.4) is 0 Å². The lowest BCUT2D eigenvalue weighted by molar-refractivity contribution is 0.568. The van der Waals surface area contributed by atoms with Crippen LogP contribution in [-0.4, -0.2) is 17.2 Å². The maximum Gasteiger partial charge on any atom is 0.147 e. The largest absolute Gasteiger partial charge is 0.311 e. The second-order valence-corrected chi connectivity index (χ2v) is 5.15. The molecule has 0 saturated carbocycles. The van der Waals surface area contributed by atoms with Gasteiger partial charge in [0.15, 0.2) is 0 Å². The minimum Gasteiger partial charge on any atom is -0.311 e. The molecule has 1 atom stereocenters. The molecule has 2 aromatic rings. The van der Waals surface area contributed by atoms with Crippen molar-refractivity contribution >= 4 is 22.9 Å². The smallest absolute Gasteiger partial charge is 0.147 e. The van der Waals surface area contributed by atoms with E-state index in [1.807, 2.05) is 31.3 Å². The SMILES string of the molecule is CCC(NC)c1nnc(-c2cccc(Cl)c2)s1. The number of halogens is 1. The summed E-state index contributed by atoms with van der Waals surface area (Å²) in [7, 11) is 1.94. The van der Waals surface area contributed by atoms with Crippen molar-refractivity contribution in [2.24, 2.45) is 0 Å². The van der Waals surface area contributed by atoms with Crippen LogP contribution < -0.4 is 5.32 Å². The van der Waals surface area contributed by atoms with Crippen molar-refractivity contribution in [1.29, 1.82) is 0 Å².